The van der Waals surface area contributed by atoms with Gasteiger partial charge in [0, 0.05) is 24.5 Å². The van der Waals surface area contributed by atoms with Crippen molar-refractivity contribution >= 4 is 11.7 Å². The third-order valence-electron chi connectivity index (χ3n) is 5.64. The van der Waals surface area contributed by atoms with Gasteiger partial charge in [-0.1, -0.05) is 60.7 Å². The van der Waals surface area contributed by atoms with Gasteiger partial charge in [0.15, 0.2) is 0 Å². The molecule has 0 aliphatic carbocycles. The second kappa shape index (κ2) is 10.7. The number of ether oxygens (including phenoxy) is 1. The number of pyridine rings is 1. The third kappa shape index (κ3) is 5.81. The minimum atomic E-state index is -1.02. The lowest BCUT2D eigenvalue weighted by atomic mass is 10.0. The van der Waals surface area contributed by atoms with Crippen LogP contribution in [0.25, 0.3) is 11.1 Å². The summed E-state index contributed by atoms with van der Waals surface area (Å²) in [6, 6.07) is 29.2. The SMILES string of the molecule is CC(C)N(Cc1cccc(-c2ccc(COc3cncc(C(=O)O)c3)cc2)c1)c1ccccc1. The number of para-hydroxylation sites is 1. The second-order valence-corrected chi connectivity index (χ2v) is 8.46. The summed E-state index contributed by atoms with van der Waals surface area (Å²) in [5.74, 6) is -0.588. The molecule has 172 valence electrons. The number of carboxylic acid groups (broad SMARTS) is 1. The molecule has 0 atom stereocenters. The normalized spacial score (nSPS) is 10.8. The highest BCUT2D eigenvalue weighted by molar-refractivity contribution is 5.87. The van der Waals surface area contributed by atoms with Gasteiger partial charge in [-0.25, -0.2) is 4.79 Å². The molecule has 1 heterocycles. The van der Waals surface area contributed by atoms with Crippen molar-refractivity contribution in [1.82, 2.24) is 4.98 Å². The van der Waals surface area contributed by atoms with E-state index in [2.05, 4.69) is 84.4 Å². The molecule has 3 aromatic carbocycles. The maximum Gasteiger partial charge on any atom is 0.337 e. The topological polar surface area (TPSA) is 62.7 Å². The molecule has 5 heteroatoms. The van der Waals surface area contributed by atoms with Crippen LogP contribution >= 0.6 is 0 Å². The summed E-state index contributed by atoms with van der Waals surface area (Å²) in [6.45, 7) is 5.60. The van der Waals surface area contributed by atoms with E-state index in [0.29, 0.717) is 18.4 Å². The minimum absolute atomic E-state index is 0.107. The molecule has 0 bridgehead atoms. The first-order chi connectivity index (χ1) is 16.5. The molecule has 0 spiro atoms. The van der Waals surface area contributed by atoms with Crippen molar-refractivity contribution in [2.45, 2.75) is 33.0 Å². The van der Waals surface area contributed by atoms with E-state index in [1.165, 1.54) is 35.3 Å². The average molecular weight is 453 g/mol. The van der Waals surface area contributed by atoms with Crippen LogP contribution < -0.4 is 9.64 Å². The maximum absolute atomic E-state index is 11.1. The van der Waals surface area contributed by atoms with Crippen molar-refractivity contribution in [2.24, 2.45) is 0 Å². The number of carboxylic acids is 1. The van der Waals surface area contributed by atoms with E-state index in [1.807, 2.05) is 18.2 Å². The first-order valence-corrected chi connectivity index (χ1v) is 11.3. The molecule has 34 heavy (non-hydrogen) atoms. The molecule has 1 N–H and O–H groups in total. The van der Waals surface area contributed by atoms with E-state index in [9.17, 15) is 4.79 Å². The molecule has 0 fully saturated rings. The largest absolute Gasteiger partial charge is 0.487 e. The van der Waals surface area contributed by atoms with Gasteiger partial charge in [-0.05, 0) is 60.4 Å². The van der Waals surface area contributed by atoms with Crippen LogP contribution in [-0.4, -0.2) is 22.1 Å². The Kier molecular flexibility index (Phi) is 7.23. The van der Waals surface area contributed by atoms with E-state index in [0.717, 1.165) is 17.7 Å². The number of benzene rings is 3. The summed E-state index contributed by atoms with van der Waals surface area (Å²) >= 11 is 0. The van der Waals surface area contributed by atoms with Gasteiger partial charge in [0.05, 0.1) is 11.8 Å². The van der Waals surface area contributed by atoms with Gasteiger partial charge >= 0.3 is 5.97 Å². The van der Waals surface area contributed by atoms with Gasteiger partial charge in [-0.15, -0.1) is 0 Å². The molecular formula is C29H28N2O3. The van der Waals surface area contributed by atoms with Crippen LogP contribution in [0.3, 0.4) is 0 Å². The highest BCUT2D eigenvalue weighted by atomic mass is 16.5. The monoisotopic (exact) mass is 452 g/mol. The molecule has 0 aliphatic heterocycles. The van der Waals surface area contributed by atoms with Gasteiger partial charge in [0.1, 0.15) is 12.4 Å². The summed E-state index contributed by atoms with van der Waals surface area (Å²) in [7, 11) is 0. The zero-order chi connectivity index (χ0) is 23.9. The number of aromatic nitrogens is 1. The van der Waals surface area contributed by atoms with Crippen LogP contribution in [0, 0.1) is 0 Å². The average Bonchev–Trinajstić information content (AvgIpc) is 2.87. The smallest absolute Gasteiger partial charge is 0.337 e. The van der Waals surface area contributed by atoms with Crippen molar-refractivity contribution in [3.63, 3.8) is 0 Å². The number of carbonyl (C=O) groups is 1. The van der Waals surface area contributed by atoms with Gasteiger partial charge in [-0.2, -0.15) is 0 Å². The molecule has 4 aromatic rings. The Morgan fingerprint density at radius 2 is 1.65 bits per heavy atom. The molecule has 0 aliphatic rings. The molecule has 0 unspecified atom stereocenters. The fourth-order valence-corrected chi connectivity index (χ4v) is 3.81. The first kappa shape index (κ1) is 23.1. The van der Waals surface area contributed by atoms with Crippen LogP contribution in [0.4, 0.5) is 5.69 Å². The molecule has 4 rings (SSSR count). The minimum Gasteiger partial charge on any atom is -0.487 e. The number of nitrogens with zero attached hydrogens (tertiary/aromatic N) is 2. The summed E-state index contributed by atoms with van der Waals surface area (Å²) in [6.07, 6.45) is 2.82. The van der Waals surface area contributed by atoms with Crippen molar-refractivity contribution in [3.8, 4) is 16.9 Å². The lowest BCUT2D eigenvalue weighted by Gasteiger charge is -2.29. The Hall–Kier alpha value is -4.12. The summed E-state index contributed by atoms with van der Waals surface area (Å²) in [4.78, 5) is 17.4. The predicted molar refractivity (Wildman–Crippen MR) is 135 cm³/mol. The van der Waals surface area contributed by atoms with Crippen molar-refractivity contribution < 1.29 is 14.6 Å². The van der Waals surface area contributed by atoms with E-state index in [1.54, 1.807) is 0 Å². The molecule has 0 radical (unpaired) electrons. The van der Waals surface area contributed by atoms with E-state index >= 15 is 0 Å². The lowest BCUT2D eigenvalue weighted by Crippen LogP contribution is -2.30. The van der Waals surface area contributed by atoms with Gasteiger partial charge in [-0.3, -0.25) is 4.98 Å². The maximum atomic E-state index is 11.1. The molecular weight excluding hydrogens is 424 g/mol. The number of anilines is 1. The Balaban J connectivity index is 1.44. The molecule has 0 saturated carbocycles. The lowest BCUT2D eigenvalue weighted by molar-refractivity contribution is 0.0696. The van der Waals surface area contributed by atoms with Crippen LogP contribution in [0.2, 0.25) is 0 Å². The van der Waals surface area contributed by atoms with E-state index in [-0.39, 0.29) is 5.56 Å². The summed E-state index contributed by atoms with van der Waals surface area (Å²) in [5, 5.41) is 9.09. The van der Waals surface area contributed by atoms with Crippen LogP contribution in [0.15, 0.2) is 97.3 Å². The fourth-order valence-electron chi connectivity index (χ4n) is 3.81. The Morgan fingerprint density at radius 3 is 2.35 bits per heavy atom. The number of hydrogen-bond acceptors (Lipinski definition) is 4. The van der Waals surface area contributed by atoms with Crippen LogP contribution in [0.5, 0.6) is 5.75 Å². The predicted octanol–water partition coefficient (Wildman–Crippen LogP) is 6.44. The van der Waals surface area contributed by atoms with E-state index in [4.69, 9.17) is 9.84 Å². The molecule has 1 aromatic heterocycles. The van der Waals surface area contributed by atoms with Gasteiger partial charge < -0.3 is 14.7 Å². The van der Waals surface area contributed by atoms with Gasteiger partial charge in [0.2, 0.25) is 0 Å². The quantitative estimate of drug-likeness (QED) is 0.317. The molecule has 0 saturated heterocycles. The highest BCUT2D eigenvalue weighted by Gasteiger charge is 2.12. The number of rotatable bonds is 9. The van der Waals surface area contributed by atoms with Crippen molar-refractivity contribution in [3.05, 3.63) is 114 Å². The number of aromatic carboxylic acids is 1. The Bertz CT molecular complexity index is 1240. The second-order valence-electron chi connectivity index (χ2n) is 8.46. The Morgan fingerprint density at radius 1 is 0.882 bits per heavy atom. The first-order valence-electron chi connectivity index (χ1n) is 11.3. The summed E-state index contributed by atoms with van der Waals surface area (Å²) in [5.41, 5.74) is 5.88. The highest BCUT2D eigenvalue weighted by Crippen LogP contribution is 2.25. The standard InChI is InChI=1S/C29H28N2O3/c1-21(2)31(27-9-4-3-5-10-27)19-23-7-6-8-25(15-23)24-13-11-22(12-14-24)20-34-28-16-26(29(32)33)17-30-18-28/h3-18,21H,19-20H2,1-2H3,(H,32,33). The zero-order valence-electron chi connectivity index (χ0n) is 19.4. The van der Waals surface area contributed by atoms with Crippen LogP contribution in [-0.2, 0) is 13.2 Å². The molecule has 0 amide bonds. The Labute approximate surface area is 200 Å². The van der Waals surface area contributed by atoms with E-state index < -0.39 is 5.97 Å². The third-order valence-corrected chi connectivity index (χ3v) is 5.64. The zero-order valence-corrected chi connectivity index (χ0v) is 19.4. The van der Waals surface area contributed by atoms with Crippen molar-refractivity contribution in [1.29, 1.82) is 0 Å². The molecule has 5 nitrogen and oxygen atoms in total. The summed E-state index contributed by atoms with van der Waals surface area (Å²) < 4.78 is 5.72. The number of hydrogen-bond donors (Lipinski definition) is 1. The fraction of sp³-hybridized carbons (Fsp3) is 0.172. The van der Waals surface area contributed by atoms with Crippen molar-refractivity contribution in [2.75, 3.05) is 4.90 Å². The van der Waals surface area contributed by atoms with Crippen LogP contribution in [0.1, 0.15) is 35.3 Å². The van der Waals surface area contributed by atoms with Gasteiger partial charge in [0.25, 0.3) is 0 Å².